The summed E-state index contributed by atoms with van der Waals surface area (Å²) in [4.78, 5) is 15.0. The van der Waals surface area contributed by atoms with Crippen LogP contribution in [-0.4, -0.2) is 45.8 Å². The van der Waals surface area contributed by atoms with Crippen molar-refractivity contribution in [3.63, 3.8) is 0 Å². The lowest BCUT2D eigenvalue weighted by molar-refractivity contribution is -0.131. The van der Waals surface area contributed by atoms with E-state index in [2.05, 4.69) is 17.3 Å². The molecule has 0 saturated carbocycles. The van der Waals surface area contributed by atoms with Gasteiger partial charge in [-0.1, -0.05) is 18.2 Å². The Hall–Kier alpha value is -2.14. The quantitative estimate of drug-likeness (QED) is 0.920. The molecule has 2 atom stereocenters. The van der Waals surface area contributed by atoms with Crippen molar-refractivity contribution in [1.82, 2.24) is 20.0 Å². The Bertz CT molecular complexity index is 786. The molecular formula is C21H28N4O. The Balaban J connectivity index is 1.50. The Morgan fingerprint density at radius 2 is 1.85 bits per heavy atom. The molecule has 26 heavy (non-hydrogen) atoms. The van der Waals surface area contributed by atoms with E-state index in [0.717, 1.165) is 35.5 Å². The van der Waals surface area contributed by atoms with Crippen molar-refractivity contribution >= 4 is 5.91 Å². The lowest BCUT2D eigenvalue weighted by atomic mass is 9.98. The number of carbonyl (C=O) groups excluding carboxylic acids is 1. The fourth-order valence-electron chi connectivity index (χ4n) is 4.57. The van der Waals surface area contributed by atoms with Gasteiger partial charge in [-0.3, -0.25) is 4.79 Å². The molecule has 5 heteroatoms. The van der Waals surface area contributed by atoms with Gasteiger partial charge in [-0.05, 0) is 51.7 Å². The van der Waals surface area contributed by atoms with E-state index in [1.807, 2.05) is 53.9 Å². The van der Waals surface area contributed by atoms with Gasteiger partial charge in [-0.25, -0.2) is 4.68 Å². The molecule has 2 fully saturated rings. The topological polar surface area (TPSA) is 50.2 Å². The van der Waals surface area contributed by atoms with Crippen molar-refractivity contribution in [2.24, 2.45) is 0 Å². The Morgan fingerprint density at radius 1 is 1.19 bits per heavy atom. The number of rotatable bonds is 4. The van der Waals surface area contributed by atoms with Gasteiger partial charge in [-0.2, -0.15) is 5.10 Å². The van der Waals surface area contributed by atoms with E-state index in [0.29, 0.717) is 24.5 Å². The number of hydrogen-bond donors (Lipinski definition) is 1. The van der Waals surface area contributed by atoms with Crippen LogP contribution in [-0.2, 0) is 11.2 Å². The van der Waals surface area contributed by atoms with Crippen LogP contribution in [0.5, 0.6) is 0 Å². The number of para-hydroxylation sites is 1. The van der Waals surface area contributed by atoms with Crippen molar-refractivity contribution in [3.05, 3.63) is 47.3 Å². The molecule has 0 radical (unpaired) electrons. The highest BCUT2D eigenvalue weighted by atomic mass is 16.2. The molecule has 2 saturated heterocycles. The normalized spacial score (nSPS) is 24.7. The summed E-state index contributed by atoms with van der Waals surface area (Å²) in [5.41, 5.74) is 4.09. The van der Waals surface area contributed by atoms with Crippen LogP contribution in [0, 0.1) is 13.8 Å². The minimum Gasteiger partial charge on any atom is -0.342 e. The Morgan fingerprint density at radius 3 is 2.50 bits per heavy atom. The molecule has 4 rings (SSSR count). The van der Waals surface area contributed by atoms with E-state index in [1.165, 1.54) is 12.8 Å². The van der Waals surface area contributed by atoms with Crippen LogP contribution in [0.2, 0.25) is 0 Å². The Kier molecular flexibility index (Phi) is 4.57. The third kappa shape index (κ3) is 3.16. The van der Waals surface area contributed by atoms with Crippen molar-refractivity contribution in [1.29, 1.82) is 0 Å². The first kappa shape index (κ1) is 17.3. The van der Waals surface area contributed by atoms with Gasteiger partial charge in [0, 0.05) is 36.4 Å². The van der Waals surface area contributed by atoms with Crippen molar-refractivity contribution in [2.75, 3.05) is 7.05 Å². The highest BCUT2D eigenvalue weighted by Crippen LogP contribution is 2.29. The molecule has 1 N–H and O–H groups in total. The molecule has 1 aromatic heterocycles. The van der Waals surface area contributed by atoms with Crippen LogP contribution in [0.25, 0.3) is 5.69 Å². The van der Waals surface area contributed by atoms with Crippen LogP contribution in [0.4, 0.5) is 0 Å². The van der Waals surface area contributed by atoms with Crippen LogP contribution in [0.15, 0.2) is 30.3 Å². The number of aryl methyl sites for hydroxylation is 1. The van der Waals surface area contributed by atoms with E-state index >= 15 is 0 Å². The molecule has 2 aliphatic heterocycles. The zero-order chi connectivity index (χ0) is 18.3. The third-order valence-electron chi connectivity index (χ3n) is 6.16. The summed E-state index contributed by atoms with van der Waals surface area (Å²) < 4.78 is 1.95. The number of amides is 1. The fraction of sp³-hybridized carbons (Fsp3) is 0.524. The van der Waals surface area contributed by atoms with Crippen molar-refractivity contribution in [2.45, 2.75) is 64.1 Å². The average molecular weight is 352 g/mol. The van der Waals surface area contributed by atoms with Gasteiger partial charge in [0.05, 0.1) is 17.8 Å². The molecule has 2 unspecified atom stereocenters. The van der Waals surface area contributed by atoms with Crippen LogP contribution >= 0.6 is 0 Å². The number of likely N-dealkylation sites (N-methyl/N-ethyl adjacent to an activating group) is 1. The summed E-state index contributed by atoms with van der Waals surface area (Å²) in [6.07, 6.45) is 5.11. The summed E-state index contributed by atoms with van der Waals surface area (Å²) in [7, 11) is 1.98. The Labute approximate surface area is 155 Å². The number of piperidine rings is 1. The summed E-state index contributed by atoms with van der Waals surface area (Å²) in [5.74, 6) is 0.204. The number of benzene rings is 1. The monoisotopic (exact) mass is 352 g/mol. The lowest BCUT2D eigenvalue weighted by Gasteiger charge is -2.35. The highest BCUT2D eigenvalue weighted by Gasteiger charge is 2.36. The standard InChI is InChI=1S/C21H28N4O/c1-14-20(15(2)25(23-14)18-7-5-4-6-8-18)13-21(26)24(3)19-11-16-9-10-17(12-19)22-16/h4-8,16-17,19,22H,9-13H2,1-3H3. The fourth-order valence-corrected chi connectivity index (χ4v) is 4.57. The molecule has 2 aromatic rings. The number of nitrogens with zero attached hydrogens (tertiary/aromatic N) is 3. The molecule has 0 spiro atoms. The number of aromatic nitrogens is 2. The summed E-state index contributed by atoms with van der Waals surface area (Å²) in [6.45, 7) is 4.06. The second kappa shape index (κ2) is 6.88. The van der Waals surface area contributed by atoms with Gasteiger partial charge < -0.3 is 10.2 Å². The highest BCUT2D eigenvalue weighted by molar-refractivity contribution is 5.79. The van der Waals surface area contributed by atoms with E-state index in [-0.39, 0.29) is 5.91 Å². The molecule has 1 amide bonds. The molecule has 138 valence electrons. The molecule has 5 nitrogen and oxygen atoms in total. The molecule has 2 aliphatic rings. The van der Waals surface area contributed by atoms with Gasteiger partial charge in [-0.15, -0.1) is 0 Å². The predicted octanol–water partition coefficient (Wildman–Crippen LogP) is 2.77. The van der Waals surface area contributed by atoms with Gasteiger partial charge in [0.1, 0.15) is 0 Å². The second-order valence-electron chi connectivity index (χ2n) is 7.84. The zero-order valence-electron chi connectivity index (χ0n) is 15.9. The minimum atomic E-state index is 0.204. The maximum absolute atomic E-state index is 13.0. The van der Waals surface area contributed by atoms with Crippen LogP contribution in [0.1, 0.15) is 42.6 Å². The second-order valence-corrected chi connectivity index (χ2v) is 7.84. The molecule has 2 bridgehead atoms. The number of fused-ring (bicyclic) bond motifs is 2. The smallest absolute Gasteiger partial charge is 0.227 e. The van der Waals surface area contributed by atoms with E-state index in [9.17, 15) is 4.79 Å². The van der Waals surface area contributed by atoms with Crippen LogP contribution in [0.3, 0.4) is 0 Å². The first-order chi connectivity index (χ1) is 12.5. The number of carbonyl (C=O) groups is 1. The first-order valence-electron chi connectivity index (χ1n) is 9.65. The van der Waals surface area contributed by atoms with Gasteiger partial charge >= 0.3 is 0 Å². The van der Waals surface area contributed by atoms with E-state index in [4.69, 9.17) is 0 Å². The largest absolute Gasteiger partial charge is 0.342 e. The predicted molar refractivity (Wildman–Crippen MR) is 102 cm³/mol. The zero-order valence-corrected chi connectivity index (χ0v) is 15.9. The SMILES string of the molecule is Cc1nn(-c2ccccc2)c(C)c1CC(=O)N(C)C1CC2CCC(C1)N2. The lowest BCUT2D eigenvalue weighted by Crippen LogP contribution is -2.49. The maximum atomic E-state index is 13.0. The van der Waals surface area contributed by atoms with E-state index < -0.39 is 0 Å². The van der Waals surface area contributed by atoms with Crippen molar-refractivity contribution < 1.29 is 4.79 Å². The first-order valence-corrected chi connectivity index (χ1v) is 9.65. The molecule has 1 aromatic carbocycles. The van der Waals surface area contributed by atoms with E-state index in [1.54, 1.807) is 0 Å². The van der Waals surface area contributed by atoms with Gasteiger partial charge in [0.25, 0.3) is 0 Å². The molecule has 0 aliphatic carbocycles. The number of nitrogens with one attached hydrogen (secondary N) is 1. The molecular weight excluding hydrogens is 324 g/mol. The average Bonchev–Trinajstić information content (AvgIpc) is 3.14. The summed E-state index contributed by atoms with van der Waals surface area (Å²) in [5, 5.41) is 8.33. The van der Waals surface area contributed by atoms with Crippen molar-refractivity contribution in [3.8, 4) is 5.69 Å². The van der Waals surface area contributed by atoms with Gasteiger partial charge in [0.15, 0.2) is 0 Å². The van der Waals surface area contributed by atoms with Gasteiger partial charge in [0.2, 0.25) is 5.91 Å². The minimum absolute atomic E-state index is 0.204. The maximum Gasteiger partial charge on any atom is 0.227 e. The molecule has 3 heterocycles. The van der Waals surface area contributed by atoms with Crippen LogP contribution < -0.4 is 5.32 Å². The summed E-state index contributed by atoms with van der Waals surface area (Å²) in [6, 6.07) is 11.7. The third-order valence-corrected chi connectivity index (χ3v) is 6.16. The summed E-state index contributed by atoms with van der Waals surface area (Å²) >= 11 is 0. The number of hydrogen-bond acceptors (Lipinski definition) is 3.